The number of anilines is 2. The van der Waals surface area contributed by atoms with Gasteiger partial charge in [0.1, 0.15) is 11.6 Å². The number of carbonyl (C=O) groups is 3. The van der Waals surface area contributed by atoms with Gasteiger partial charge in [0.25, 0.3) is 0 Å². The summed E-state index contributed by atoms with van der Waals surface area (Å²) in [5.74, 6) is -0.972. The Morgan fingerprint density at radius 3 is 2.13 bits per heavy atom. The van der Waals surface area contributed by atoms with Crippen LogP contribution in [0, 0.1) is 11.7 Å². The zero-order valence-electron chi connectivity index (χ0n) is 17.2. The Morgan fingerprint density at radius 2 is 1.52 bits per heavy atom. The van der Waals surface area contributed by atoms with Crippen molar-refractivity contribution in [3.05, 3.63) is 54.3 Å². The molecule has 1 fully saturated rings. The lowest BCUT2D eigenvalue weighted by Gasteiger charge is -2.32. The quantitative estimate of drug-likeness (QED) is 0.638. The molecular formula is C22H25FN4O4. The molecule has 2 aromatic carbocycles. The molecule has 0 aliphatic carbocycles. The summed E-state index contributed by atoms with van der Waals surface area (Å²) in [7, 11) is 1.55. The molecule has 164 valence electrons. The van der Waals surface area contributed by atoms with Crippen LogP contribution in [0.25, 0.3) is 0 Å². The number of halogens is 1. The van der Waals surface area contributed by atoms with Crippen molar-refractivity contribution in [1.29, 1.82) is 0 Å². The number of ether oxygens (including phenoxy) is 1. The van der Waals surface area contributed by atoms with Crippen LogP contribution in [0.1, 0.15) is 12.8 Å². The van der Waals surface area contributed by atoms with E-state index in [-0.39, 0.29) is 17.8 Å². The van der Waals surface area contributed by atoms with Gasteiger partial charge in [-0.1, -0.05) is 0 Å². The number of hydrogen-bond donors (Lipinski definition) is 3. The van der Waals surface area contributed by atoms with Crippen LogP contribution in [0.2, 0.25) is 0 Å². The molecule has 4 amide bonds. The first kappa shape index (κ1) is 22.1. The van der Waals surface area contributed by atoms with Crippen LogP contribution < -0.4 is 20.7 Å². The summed E-state index contributed by atoms with van der Waals surface area (Å²) in [6.45, 7) is 1.43. The number of rotatable bonds is 5. The van der Waals surface area contributed by atoms with Gasteiger partial charge < -0.3 is 25.6 Å². The molecule has 0 saturated carbocycles. The fraction of sp³-hybridized carbons (Fsp3) is 0.318. The number of likely N-dealkylation sites (tertiary alicyclic amines) is 1. The summed E-state index contributed by atoms with van der Waals surface area (Å²) < 4.78 is 18.0. The van der Waals surface area contributed by atoms with Crippen LogP contribution in [0.4, 0.5) is 20.6 Å². The predicted octanol–water partition coefficient (Wildman–Crippen LogP) is 2.83. The molecule has 0 unspecified atom stereocenters. The van der Waals surface area contributed by atoms with Crippen molar-refractivity contribution >= 4 is 29.2 Å². The topological polar surface area (TPSA) is 99.8 Å². The number of hydrogen-bond acceptors (Lipinski definition) is 4. The first-order chi connectivity index (χ1) is 14.9. The number of nitrogens with zero attached hydrogens (tertiary/aromatic N) is 1. The Bertz CT molecular complexity index is 910. The average molecular weight is 428 g/mol. The minimum absolute atomic E-state index is 0.174. The minimum atomic E-state index is -0.735. The number of nitrogens with one attached hydrogen (secondary N) is 3. The van der Waals surface area contributed by atoms with Crippen LogP contribution in [0.15, 0.2) is 48.5 Å². The maximum absolute atomic E-state index is 13.0. The van der Waals surface area contributed by atoms with E-state index in [1.807, 2.05) is 0 Å². The highest BCUT2D eigenvalue weighted by Crippen LogP contribution is 2.18. The molecule has 31 heavy (non-hydrogen) atoms. The van der Waals surface area contributed by atoms with Gasteiger partial charge in [-0.25, -0.2) is 9.18 Å². The Hall–Kier alpha value is -3.62. The predicted molar refractivity (Wildman–Crippen MR) is 114 cm³/mol. The van der Waals surface area contributed by atoms with Gasteiger partial charge in [-0.2, -0.15) is 0 Å². The molecule has 8 nitrogen and oxygen atoms in total. The highest BCUT2D eigenvalue weighted by molar-refractivity contribution is 6.39. The van der Waals surface area contributed by atoms with Crippen molar-refractivity contribution in [3.8, 4) is 5.75 Å². The number of piperidine rings is 1. The Balaban J connectivity index is 1.38. The molecule has 1 heterocycles. The summed E-state index contributed by atoms with van der Waals surface area (Å²) >= 11 is 0. The van der Waals surface area contributed by atoms with E-state index in [0.717, 1.165) is 0 Å². The van der Waals surface area contributed by atoms with Crippen molar-refractivity contribution < 1.29 is 23.5 Å². The van der Waals surface area contributed by atoms with Crippen LogP contribution in [-0.2, 0) is 9.59 Å². The molecular weight excluding hydrogens is 403 g/mol. The number of methoxy groups -OCH3 is 1. The molecule has 2 aromatic rings. The summed E-state index contributed by atoms with van der Waals surface area (Å²) in [4.78, 5) is 38.1. The fourth-order valence-electron chi connectivity index (χ4n) is 3.26. The second kappa shape index (κ2) is 10.4. The van der Waals surface area contributed by atoms with E-state index in [2.05, 4.69) is 16.0 Å². The van der Waals surface area contributed by atoms with E-state index < -0.39 is 11.8 Å². The number of carbonyl (C=O) groups excluding carboxylic acids is 3. The van der Waals surface area contributed by atoms with E-state index in [1.165, 1.54) is 24.3 Å². The van der Waals surface area contributed by atoms with Crippen molar-refractivity contribution in [3.63, 3.8) is 0 Å². The van der Waals surface area contributed by atoms with Gasteiger partial charge in [-0.3, -0.25) is 9.59 Å². The minimum Gasteiger partial charge on any atom is -0.497 e. The monoisotopic (exact) mass is 428 g/mol. The SMILES string of the molecule is COc1ccc(NC(=O)C(=O)NCC2CCN(C(=O)Nc3ccc(F)cc3)CC2)cc1. The molecule has 9 heteroatoms. The number of amides is 4. The van der Waals surface area contributed by atoms with Crippen molar-refractivity contribution in [2.75, 3.05) is 37.4 Å². The van der Waals surface area contributed by atoms with E-state index in [9.17, 15) is 18.8 Å². The lowest BCUT2D eigenvalue weighted by molar-refractivity contribution is -0.136. The summed E-state index contributed by atoms with van der Waals surface area (Å²) in [5.41, 5.74) is 1.03. The van der Waals surface area contributed by atoms with E-state index in [1.54, 1.807) is 36.3 Å². The fourth-order valence-corrected chi connectivity index (χ4v) is 3.26. The smallest absolute Gasteiger partial charge is 0.321 e. The lowest BCUT2D eigenvalue weighted by Crippen LogP contribution is -2.44. The van der Waals surface area contributed by atoms with Crippen LogP contribution in [0.5, 0.6) is 5.75 Å². The molecule has 0 bridgehead atoms. The van der Waals surface area contributed by atoms with Crippen LogP contribution in [-0.4, -0.2) is 49.5 Å². The molecule has 0 radical (unpaired) electrons. The van der Waals surface area contributed by atoms with Gasteiger partial charge in [0, 0.05) is 31.0 Å². The Kier molecular flexibility index (Phi) is 7.42. The van der Waals surface area contributed by atoms with Crippen molar-refractivity contribution in [2.24, 2.45) is 5.92 Å². The van der Waals surface area contributed by atoms with E-state index in [0.29, 0.717) is 49.6 Å². The highest BCUT2D eigenvalue weighted by atomic mass is 19.1. The zero-order chi connectivity index (χ0) is 22.2. The third-order valence-electron chi connectivity index (χ3n) is 5.10. The molecule has 0 aromatic heterocycles. The normalized spacial score (nSPS) is 13.9. The molecule has 1 aliphatic rings. The maximum Gasteiger partial charge on any atom is 0.321 e. The summed E-state index contributed by atoms with van der Waals surface area (Å²) in [6, 6.07) is 12.0. The van der Waals surface area contributed by atoms with E-state index >= 15 is 0 Å². The third kappa shape index (κ3) is 6.43. The summed E-state index contributed by atoms with van der Waals surface area (Å²) in [6.07, 6.45) is 1.41. The van der Waals surface area contributed by atoms with Crippen LogP contribution >= 0.6 is 0 Å². The Morgan fingerprint density at radius 1 is 0.935 bits per heavy atom. The van der Waals surface area contributed by atoms with Gasteiger partial charge in [-0.15, -0.1) is 0 Å². The van der Waals surface area contributed by atoms with Gasteiger partial charge in [0.15, 0.2) is 0 Å². The van der Waals surface area contributed by atoms with Crippen LogP contribution in [0.3, 0.4) is 0 Å². The zero-order valence-corrected chi connectivity index (χ0v) is 17.2. The first-order valence-corrected chi connectivity index (χ1v) is 9.99. The average Bonchev–Trinajstić information content (AvgIpc) is 2.79. The molecule has 0 spiro atoms. The molecule has 3 N–H and O–H groups in total. The van der Waals surface area contributed by atoms with E-state index in [4.69, 9.17) is 4.74 Å². The first-order valence-electron chi connectivity index (χ1n) is 9.99. The standard InChI is InChI=1S/C22H25FN4O4/c1-31-19-8-6-17(7-9-19)25-21(29)20(28)24-14-15-10-12-27(13-11-15)22(30)26-18-4-2-16(23)3-5-18/h2-9,15H,10-14H2,1H3,(H,24,28)(H,25,29)(H,26,30). The highest BCUT2D eigenvalue weighted by Gasteiger charge is 2.24. The molecule has 1 saturated heterocycles. The Labute approximate surface area is 179 Å². The second-order valence-electron chi connectivity index (χ2n) is 7.26. The van der Waals surface area contributed by atoms with Gasteiger partial charge in [0.2, 0.25) is 0 Å². The second-order valence-corrected chi connectivity index (χ2v) is 7.26. The van der Waals surface area contributed by atoms with Gasteiger partial charge >= 0.3 is 17.8 Å². The van der Waals surface area contributed by atoms with Gasteiger partial charge in [0.05, 0.1) is 7.11 Å². The van der Waals surface area contributed by atoms with Crippen molar-refractivity contribution in [1.82, 2.24) is 10.2 Å². The number of urea groups is 1. The lowest BCUT2D eigenvalue weighted by atomic mass is 9.97. The van der Waals surface area contributed by atoms with Crippen molar-refractivity contribution in [2.45, 2.75) is 12.8 Å². The molecule has 3 rings (SSSR count). The van der Waals surface area contributed by atoms with Gasteiger partial charge in [-0.05, 0) is 67.3 Å². The maximum atomic E-state index is 13.0. The third-order valence-corrected chi connectivity index (χ3v) is 5.10. The largest absolute Gasteiger partial charge is 0.497 e. The molecule has 0 atom stereocenters. The number of benzene rings is 2. The molecule has 1 aliphatic heterocycles. The summed E-state index contributed by atoms with van der Waals surface area (Å²) in [5, 5.41) is 7.93.